The number of benzene rings is 1. The normalized spacial score (nSPS) is 19.8. The van der Waals surface area contributed by atoms with Gasteiger partial charge in [-0.3, -0.25) is 4.99 Å². The van der Waals surface area contributed by atoms with Gasteiger partial charge in [-0.15, -0.1) is 11.3 Å². The Morgan fingerprint density at radius 3 is 2.82 bits per heavy atom. The maximum Gasteiger partial charge on any atom is 0.350 e. The van der Waals surface area contributed by atoms with E-state index in [0.717, 1.165) is 17.4 Å². The van der Waals surface area contributed by atoms with Crippen LogP contribution >= 0.6 is 11.3 Å². The standard InChI is InChI=1S/C21H28N4O2S/c1-6-27-20(26)18-13(3)23-19(28-18)14(4)24-21(22-5)25-17-11-16(17)15-10-8-7-9-12(15)2/h7-10,14,16-17H,6,11H2,1-5H3,(H2,22,24,25). The summed E-state index contributed by atoms with van der Waals surface area (Å²) in [5, 5.41) is 7.74. The van der Waals surface area contributed by atoms with E-state index in [-0.39, 0.29) is 12.0 Å². The summed E-state index contributed by atoms with van der Waals surface area (Å²) in [6, 6.07) is 8.86. The quantitative estimate of drug-likeness (QED) is 0.439. The minimum Gasteiger partial charge on any atom is -0.462 e. The van der Waals surface area contributed by atoms with Gasteiger partial charge in [-0.25, -0.2) is 9.78 Å². The lowest BCUT2D eigenvalue weighted by molar-refractivity contribution is 0.0531. The zero-order valence-corrected chi connectivity index (χ0v) is 17.9. The summed E-state index contributed by atoms with van der Waals surface area (Å²) >= 11 is 1.37. The Balaban J connectivity index is 1.61. The zero-order chi connectivity index (χ0) is 20.3. The number of nitrogens with zero attached hydrogens (tertiary/aromatic N) is 2. The predicted octanol–water partition coefficient (Wildman–Crippen LogP) is 3.72. The highest BCUT2D eigenvalue weighted by atomic mass is 32.1. The smallest absolute Gasteiger partial charge is 0.350 e. The third kappa shape index (κ3) is 4.52. The number of esters is 1. The molecule has 1 aromatic heterocycles. The Hall–Kier alpha value is -2.41. The van der Waals surface area contributed by atoms with E-state index >= 15 is 0 Å². The number of nitrogens with one attached hydrogen (secondary N) is 2. The molecule has 0 saturated heterocycles. The summed E-state index contributed by atoms with van der Waals surface area (Å²) in [4.78, 5) is 21.5. The second kappa shape index (κ2) is 8.73. The van der Waals surface area contributed by atoms with Crippen molar-refractivity contribution in [3.63, 3.8) is 0 Å². The van der Waals surface area contributed by atoms with E-state index in [4.69, 9.17) is 4.74 Å². The first kappa shape index (κ1) is 20.3. The number of aliphatic imine (C=N–C) groups is 1. The van der Waals surface area contributed by atoms with Gasteiger partial charge in [0, 0.05) is 19.0 Å². The van der Waals surface area contributed by atoms with Crippen LogP contribution < -0.4 is 10.6 Å². The largest absolute Gasteiger partial charge is 0.462 e. The molecule has 3 rings (SSSR count). The molecule has 1 heterocycles. The molecule has 0 spiro atoms. The molecule has 1 aliphatic carbocycles. The summed E-state index contributed by atoms with van der Waals surface area (Å²) in [6.45, 7) is 8.18. The molecule has 2 N–H and O–H groups in total. The first-order valence-electron chi connectivity index (χ1n) is 9.64. The molecule has 1 fully saturated rings. The number of hydrogen-bond donors (Lipinski definition) is 2. The maximum absolute atomic E-state index is 12.0. The average molecular weight is 401 g/mol. The molecule has 6 nitrogen and oxygen atoms in total. The number of aryl methyl sites for hydroxylation is 2. The van der Waals surface area contributed by atoms with Crippen LogP contribution in [0.5, 0.6) is 0 Å². The van der Waals surface area contributed by atoms with E-state index in [1.165, 1.54) is 22.5 Å². The molecule has 2 aromatic rings. The second-order valence-corrected chi connectivity index (χ2v) is 8.11. The van der Waals surface area contributed by atoms with Gasteiger partial charge in [0.1, 0.15) is 9.88 Å². The molecule has 0 amide bonds. The molecule has 1 aliphatic rings. The lowest BCUT2D eigenvalue weighted by Gasteiger charge is -2.16. The lowest BCUT2D eigenvalue weighted by atomic mass is 10.0. The van der Waals surface area contributed by atoms with E-state index in [0.29, 0.717) is 29.1 Å². The number of carbonyl (C=O) groups excluding carboxylic acids is 1. The van der Waals surface area contributed by atoms with Gasteiger partial charge in [-0.05, 0) is 45.2 Å². The molecule has 3 unspecified atom stereocenters. The third-order valence-corrected chi connectivity index (χ3v) is 6.24. The van der Waals surface area contributed by atoms with Crippen LogP contribution in [0.1, 0.15) is 63.7 Å². The fraction of sp³-hybridized carbons (Fsp3) is 0.476. The topological polar surface area (TPSA) is 75.6 Å². The summed E-state index contributed by atoms with van der Waals surface area (Å²) < 4.78 is 5.10. The van der Waals surface area contributed by atoms with Crippen LogP contribution in [0.3, 0.4) is 0 Å². The SMILES string of the molecule is CCOC(=O)c1sc(C(C)NC(=NC)NC2CC2c2ccccc2C)nc1C. The van der Waals surface area contributed by atoms with Crippen molar-refractivity contribution in [1.82, 2.24) is 15.6 Å². The first-order chi connectivity index (χ1) is 13.4. The maximum atomic E-state index is 12.0. The van der Waals surface area contributed by atoms with Gasteiger partial charge in [-0.1, -0.05) is 24.3 Å². The van der Waals surface area contributed by atoms with Gasteiger partial charge in [0.15, 0.2) is 5.96 Å². The van der Waals surface area contributed by atoms with Crippen molar-refractivity contribution < 1.29 is 9.53 Å². The van der Waals surface area contributed by atoms with Gasteiger partial charge in [0.05, 0.1) is 18.3 Å². The molecule has 3 atom stereocenters. The second-order valence-electron chi connectivity index (χ2n) is 7.07. The molecule has 1 aromatic carbocycles. The van der Waals surface area contributed by atoms with E-state index in [9.17, 15) is 4.79 Å². The molecular formula is C21H28N4O2S. The van der Waals surface area contributed by atoms with Crippen molar-refractivity contribution >= 4 is 23.3 Å². The Morgan fingerprint density at radius 1 is 1.39 bits per heavy atom. The number of ether oxygens (including phenoxy) is 1. The molecule has 0 aliphatic heterocycles. The number of hydrogen-bond acceptors (Lipinski definition) is 5. The number of thiazole rings is 1. The van der Waals surface area contributed by atoms with Crippen LogP contribution in [0.2, 0.25) is 0 Å². The van der Waals surface area contributed by atoms with Crippen LogP contribution in [-0.2, 0) is 4.74 Å². The fourth-order valence-corrected chi connectivity index (χ4v) is 4.27. The predicted molar refractivity (Wildman–Crippen MR) is 113 cm³/mol. The van der Waals surface area contributed by atoms with Gasteiger partial charge >= 0.3 is 5.97 Å². The Labute approximate surface area is 170 Å². The Bertz CT molecular complexity index is 877. The molecule has 28 heavy (non-hydrogen) atoms. The highest BCUT2D eigenvalue weighted by Crippen LogP contribution is 2.42. The summed E-state index contributed by atoms with van der Waals surface area (Å²) in [7, 11) is 1.77. The summed E-state index contributed by atoms with van der Waals surface area (Å²) in [5.74, 6) is 0.962. The van der Waals surface area contributed by atoms with Crippen LogP contribution in [0, 0.1) is 13.8 Å². The van der Waals surface area contributed by atoms with E-state index in [1.807, 2.05) is 13.8 Å². The molecular weight excluding hydrogens is 372 g/mol. The van der Waals surface area contributed by atoms with Crippen LogP contribution in [0.25, 0.3) is 0 Å². The number of guanidine groups is 1. The van der Waals surface area contributed by atoms with Crippen LogP contribution in [-0.4, -0.2) is 36.6 Å². The minimum absolute atomic E-state index is 0.0614. The molecule has 150 valence electrons. The summed E-state index contributed by atoms with van der Waals surface area (Å²) in [5.41, 5.74) is 3.44. The number of rotatable bonds is 6. The Morgan fingerprint density at radius 2 is 2.14 bits per heavy atom. The fourth-order valence-electron chi connectivity index (χ4n) is 3.30. The average Bonchev–Trinajstić information content (AvgIpc) is 3.31. The first-order valence-corrected chi connectivity index (χ1v) is 10.5. The van der Waals surface area contributed by atoms with Crippen LogP contribution in [0.4, 0.5) is 0 Å². The molecule has 7 heteroatoms. The monoisotopic (exact) mass is 400 g/mol. The van der Waals surface area contributed by atoms with E-state index in [1.54, 1.807) is 14.0 Å². The highest BCUT2D eigenvalue weighted by Gasteiger charge is 2.39. The molecule has 0 bridgehead atoms. The van der Waals surface area contributed by atoms with Crippen LogP contribution in [0.15, 0.2) is 29.3 Å². The van der Waals surface area contributed by atoms with Crippen molar-refractivity contribution in [3.05, 3.63) is 51.0 Å². The number of aromatic nitrogens is 1. The van der Waals surface area contributed by atoms with E-state index in [2.05, 4.69) is 51.8 Å². The third-order valence-electron chi connectivity index (χ3n) is 4.92. The van der Waals surface area contributed by atoms with Crippen molar-refractivity contribution in [2.75, 3.05) is 13.7 Å². The van der Waals surface area contributed by atoms with E-state index < -0.39 is 0 Å². The van der Waals surface area contributed by atoms with Crippen molar-refractivity contribution in [3.8, 4) is 0 Å². The molecule has 1 saturated carbocycles. The molecule has 0 radical (unpaired) electrons. The summed E-state index contributed by atoms with van der Waals surface area (Å²) in [6.07, 6.45) is 1.10. The lowest BCUT2D eigenvalue weighted by Crippen LogP contribution is -2.40. The van der Waals surface area contributed by atoms with Gasteiger partial charge in [0.25, 0.3) is 0 Å². The Kier molecular flexibility index (Phi) is 6.34. The van der Waals surface area contributed by atoms with Crippen molar-refractivity contribution in [1.29, 1.82) is 0 Å². The number of carbonyl (C=O) groups is 1. The van der Waals surface area contributed by atoms with Gasteiger partial charge in [-0.2, -0.15) is 0 Å². The van der Waals surface area contributed by atoms with Gasteiger partial charge in [0.2, 0.25) is 0 Å². The zero-order valence-electron chi connectivity index (χ0n) is 17.1. The van der Waals surface area contributed by atoms with Gasteiger partial charge < -0.3 is 15.4 Å². The van der Waals surface area contributed by atoms with Crippen molar-refractivity contribution in [2.24, 2.45) is 4.99 Å². The van der Waals surface area contributed by atoms with Crippen molar-refractivity contribution in [2.45, 2.75) is 52.1 Å². The highest BCUT2D eigenvalue weighted by molar-refractivity contribution is 7.13. The minimum atomic E-state index is -0.308.